The molecule has 3 aromatic heterocycles. The number of hydrogen-bond donors (Lipinski definition) is 6. The molecule has 4 aromatic carbocycles. The van der Waals surface area contributed by atoms with Crippen molar-refractivity contribution < 1.29 is 110 Å². The molecule has 1 aliphatic carbocycles. The van der Waals surface area contributed by atoms with Crippen molar-refractivity contribution in [1.29, 1.82) is 0 Å². The number of aromatic nitrogens is 6. The van der Waals surface area contributed by atoms with E-state index in [1.54, 1.807) is 61.8 Å². The third-order valence-electron chi connectivity index (χ3n) is 12.2. The Morgan fingerprint density at radius 3 is 1.13 bits per heavy atom. The Hall–Kier alpha value is -4.84. The first-order chi connectivity index (χ1) is 37.1. The van der Waals surface area contributed by atoms with Gasteiger partial charge in [0.15, 0.2) is 17.6 Å². The number of halogens is 1. The van der Waals surface area contributed by atoms with E-state index in [-0.39, 0.29) is 108 Å². The fourth-order valence-electron chi connectivity index (χ4n) is 8.05. The van der Waals surface area contributed by atoms with E-state index in [0.717, 1.165) is 56.7 Å². The maximum absolute atomic E-state index is 12.8. The van der Waals surface area contributed by atoms with Gasteiger partial charge >= 0.3 is 0 Å². The average molecular weight is 1660 g/mol. The summed E-state index contributed by atoms with van der Waals surface area (Å²) in [6, 6.07) is 34.1. The van der Waals surface area contributed by atoms with E-state index in [9.17, 15) is 4.39 Å². The fourth-order valence-corrected chi connectivity index (χ4v) is 8.05. The van der Waals surface area contributed by atoms with Crippen LogP contribution in [-0.4, -0.2) is 118 Å². The molecule has 0 aliphatic heterocycles. The summed E-state index contributed by atoms with van der Waals surface area (Å²) in [4.78, 5) is 26.8. The van der Waals surface area contributed by atoms with Gasteiger partial charge in [-0.05, 0) is 113 Å². The monoisotopic (exact) mass is 1660 g/mol. The number of aryl methyl sites for hydroxylation is 6. The zero-order valence-electron chi connectivity index (χ0n) is 50.1. The maximum Gasteiger partial charge on any atom is 0.194 e. The van der Waals surface area contributed by atoms with Crippen LogP contribution in [0.1, 0.15) is 120 Å². The summed E-state index contributed by atoms with van der Waals surface area (Å²) in [5.74, 6) is 1.19. The number of fused-ring (bicyclic) bond motifs is 3. The third-order valence-corrected chi connectivity index (χ3v) is 12.2. The molecule has 15 nitrogen and oxygen atoms in total. The summed E-state index contributed by atoms with van der Waals surface area (Å²) in [6.45, 7) is 26.0. The predicted octanol–water partition coefficient (Wildman–Crippen LogP) is 10.6. The van der Waals surface area contributed by atoms with Crippen molar-refractivity contribution in [2.45, 2.75) is 158 Å². The molecule has 0 amide bonds. The smallest absolute Gasteiger partial charge is 0.194 e. The molecule has 0 bridgehead atoms. The molecule has 6 unspecified atom stereocenters. The SMILES string of the molecule is CC(O)CC(C)O.CC(O)CC(C)O.CC(O)CC(C)O.COc1nc(C)c(C)nc1-c1[c-]cc(F)cc1.COc1nc(C)c(C)nc1-c1[c-]cc2c(c1)C(C)(C)c1ccccc1-2.COc1nc(C)c(C)nc1-c1[c-]cccc1.[Ir].[Ir].[Ir]. The number of benzene rings is 4. The van der Waals surface area contributed by atoms with E-state index in [1.165, 1.54) is 41.5 Å². The third kappa shape index (κ3) is 24.0. The Labute approximate surface area is 526 Å². The first-order valence-electron chi connectivity index (χ1n) is 26.2. The van der Waals surface area contributed by atoms with Gasteiger partial charge in [0, 0.05) is 100 Å². The molecule has 0 spiro atoms. The van der Waals surface area contributed by atoms with Gasteiger partial charge in [-0.3, -0.25) is 19.3 Å². The molecular formula is C63H82FIr3N6O9-3. The molecule has 1 aliphatic rings. The van der Waals surface area contributed by atoms with Gasteiger partial charge in [0.2, 0.25) is 0 Å². The minimum absolute atomic E-state index is 0. The van der Waals surface area contributed by atoms with Gasteiger partial charge in [-0.2, -0.15) is 0 Å². The second kappa shape index (κ2) is 37.5. The fraction of sp³-hybridized carbons (Fsp3) is 0.429. The van der Waals surface area contributed by atoms with Crippen molar-refractivity contribution in [3.8, 4) is 62.5 Å². The van der Waals surface area contributed by atoms with Gasteiger partial charge < -0.3 is 44.8 Å². The quantitative estimate of drug-likeness (QED) is 0.0626. The summed E-state index contributed by atoms with van der Waals surface area (Å²) in [5.41, 5.74) is 14.9. The van der Waals surface area contributed by atoms with E-state index in [4.69, 9.17) is 49.8 Å². The van der Waals surface area contributed by atoms with Crippen LogP contribution in [0, 0.1) is 65.6 Å². The van der Waals surface area contributed by atoms with Gasteiger partial charge in [0.05, 0.1) is 75.0 Å². The largest absolute Gasteiger partial charge is 0.486 e. The maximum atomic E-state index is 12.8. The van der Waals surface area contributed by atoms with Gasteiger partial charge in [-0.15, -0.1) is 95.1 Å². The van der Waals surface area contributed by atoms with Crippen LogP contribution in [0.3, 0.4) is 0 Å². The number of hydrogen-bond acceptors (Lipinski definition) is 15. The van der Waals surface area contributed by atoms with Crippen molar-refractivity contribution in [2.75, 3.05) is 21.3 Å². The van der Waals surface area contributed by atoms with E-state index in [0.29, 0.717) is 48.2 Å². The molecule has 7 aromatic rings. The van der Waals surface area contributed by atoms with Crippen molar-refractivity contribution >= 4 is 0 Å². The number of rotatable bonds is 12. The standard InChI is InChI=1S/C22H21N2O.C13H12FN2O.C13H13N2O.3C5H12O2.3Ir/c1-13-14(2)24-21(25-5)20(23-13)15-10-11-17-16-8-6-7-9-18(16)22(3,4)19(17)12-15;1-8-9(2)16-13(17-3)12(15-8)10-4-6-11(14)7-5-10;1-9-10(2)15-13(16-3)12(14-9)11-7-5-4-6-8-11;3*1-4(6)3-5(2)7;;;/h6-9,11-12H,1-5H3;4,6-7H,1-3H3;4-7H,1-3H3;3*4-7H,3H2,1-2H3;;;/q3*-1;;;;;;. The molecule has 82 heavy (non-hydrogen) atoms. The van der Waals surface area contributed by atoms with Crippen LogP contribution < -0.4 is 14.2 Å². The molecular weight excluding hydrogens is 1580 g/mol. The molecule has 6 atom stereocenters. The zero-order chi connectivity index (χ0) is 59.3. The molecule has 3 heterocycles. The van der Waals surface area contributed by atoms with Gasteiger partial charge in [-0.25, -0.2) is 15.0 Å². The molecule has 455 valence electrons. The summed E-state index contributed by atoms with van der Waals surface area (Å²) in [7, 11) is 4.77. The molecule has 0 saturated carbocycles. The number of aliphatic hydroxyl groups excluding tert-OH is 6. The molecule has 6 N–H and O–H groups in total. The second-order valence-corrected chi connectivity index (χ2v) is 20.1. The number of methoxy groups -OCH3 is 3. The first kappa shape index (κ1) is 77.2. The summed E-state index contributed by atoms with van der Waals surface area (Å²) >= 11 is 0. The van der Waals surface area contributed by atoms with Gasteiger partial charge in [0.25, 0.3) is 0 Å². The van der Waals surface area contributed by atoms with E-state index in [2.05, 4.69) is 93.4 Å². The van der Waals surface area contributed by atoms with E-state index in [1.807, 2.05) is 65.8 Å². The number of aliphatic hydroxyl groups is 6. The summed E-state index contributed by atoms with van der Waals surface area (Å²) in [5, 5.41) is 51.4. The zero-order valence-corrected chi connectivity index (χ0v) is 57.2. The Morgan fingerprint density at radius 2 is 0.793 bits per heavy atom. The predicted molar refractivity (Wildman–Crippen MR) is 308 cm³/mol. The van der Waals surface area contributed by atoms with Crippen LogP contribution in [-0.2, 0) is 65.7 Å². The Kier molecular flexibility index (Phi) is 35.3. The average Bonchev–Trinajstić information content (AvgIpc) is 3.86. The Morgan fingerprint density at radius 1 is 0.439 bits per heavy atom. The molecule has 3 radical (unpaired) electrons. The molecule has 0 saturated heterocycles. The van der Waals surface area contributed by atoms with Crippen LogP contribution in [0.15, 0.2) is 78.9 Å². The van der Waals surface area contributed by atoms with Crippen molar-refractivity contribution in [3.63, 3.8) is 0 Å². The first-order valence-corrected chi connectivity index (χ1v) is 26.2. The summed E-state index contributed by atoms with van der Waals surface area (Å²) < 4.78 is 28.7. The van der Waals surface area contributed by atoms with Crippen molar-refractivity contribution in [1.82, 2.24) is 29.9 Å². The molecule has 19 heteroatoms. The number of nitrogens with zero attached hydrogens (tertiary/aromatic N) is 6. The van der Waals surface area contributed by atoms with E-state index < -0.39 is 0 Å². The van der Waals surface area contributed by atoms with Crippen molar-refractivity contribution in [3.05, 3.63) is 148 Å². The van der Waals surface area contributed by atoms with Crippen LogP contribution in [0.5, 0.6) is 17.6 Å². The molecule has 8 rings (SSSR count). The number of ether oxygens (including phenoxy) is 3. The summed E-state index contributed by atoms with van der Waals surface area (Å²) in [6.07, 6.45) is -0.833. The van der Waals surface area contributed by atoms with E-state index >= 15 is 0 Å². The van der Waals surface area contributed by atoms with Crippen LogP contribution in [0.2, 0.25) is 0 Å². The topological polar surface area (TPSA) is 226 Å². The van der Waals surface area contributed by atoms with Crippen LogP contribution in [0.4, 0.5) is 4.39 Å². The minimum Gasteiger partial charge on any atom is -0.486 e. The van der Waals surface area contributed by atoms with Crippen molar-refractivity contribution in [2.24, 2.45) is 0 Å². The Balaban J connectivity index is 0.00000103. The Bertz CT molecular complexity index is 2940. The minimum atomic E-state index is -0.375. The molecule has 0 fully saturated rings. The van der Waals surface area contributed by atoms with Gasteiger partial charge in [-0.1, -0.05) is 49.2 Å². The van der Waals surface area contributed by atoms with Crippen LogP contribution in [0.25, 0.3) is 44.9 Å². The second-order valence-electron chi connectivity index (χ2n) is 20.1. The van der Waals surface area contributed by atoms with Gasteiger partial charge in [0.1, 0.15) is 0 Å². The normalized spacial score (nSPS) is 13.3. The van der Waals surface area contributed by atoms with Crippen LogP contribution >= 0.6 is 0 Å².